The summed E-state index contributed by atoms with van der Waals surface area (Å²) in [6.45, 7) is 8.81. The fraction of sp³-hybridized carbons (Fsp3) is 0.500. The van der Waals surface area contributed by atoms with Gasteiger partial charge in [0.15, 0.2) is 0 Å². The molecular formula is C28H34N4O8S. The Morgan fingerprint density at radius 2 is 1.93 bits per heavy atom. The third-order valence-corrected chi connectivity index (χ3v) is 9.29. The molecule has 2 aromatic rings. The van der Waals surface area contributed by atoms with Gasteiger partial charge in [-0.25, -0.2) is 18.2 Å². The van der Waals surface area contributed by atoms with Gasteiger partial charge < -0.3 is 19.9 Å². The molecule has 0 radical (unpaired) electrons. The van der Waals surface area contributed by atoms with E-state index in [1.165, 1.54) is 17.2 Å². The third-order valence-electron chi connectivity index (χ3n) is 7.47. The number of likely N-dealkylation sites (tertiary alicyclic amines) is 1. The van der Waals surface area contributed by atoms with Crippen molar-refractivity contribution < 1.29 is 37.4 Å². The Labute approximate surface area is 238 Å². The number of rotatable bonds is 8. The maximum absolute atomic E-state index is 13.7. The first-order valence-corrected chi connectivity index (χ1v) is 15.0. The van der Waals surface area contributed by atoms with Crippen molar-refractivity contribution in [1.29, 1.82) is 0 Å². The van der Waals surface area contributed by atoms with Crippen molar-refractivity contribution in [3.63, 3.8) is 0 Å². The number of aromatic nitrogens is 1. The number of nitrogens with zero attached hydrogens (tertiary/aromatic N) is 2. The van der Waals surface area contributed by atoms with Gasteiger partial charge in [-0.15, -0.1) is 6.58 Å². The Bertz CT molecular complexity index is 1520. The zero-order chi connectivity index (χ0) is 29.7. The maximum atomic E-state index is 13.7. The molecule has 4 atom stereocenters. The molecule has 5 rings (SSSR count). The quantitative estimate of drug-likeness (QED) is 0.394. The summed E-state index contributed by atoms with van der Waals surface area (Å²) in [5.74, 6) is -1.66. The van der Waals surface area contributed by atoms with Gasteiger partial charge in [0.2, 0.25) is 21.8 Å². The monoisotopic (exact) mass is 586 g/mol. The number of ether oxygens (including phenoxy) is 2. The molecule has 3 fully saturated rings. The van der Waals surface area contributed by atoms with E-state index < -0.39 is 62.4 Å². The fourth-order valence-electron chi connectivity index (χ4n) is 5.09. The number of sulfonamides is 1. The van der Waals surface area contributed by atoms with E-state index in [0.29, 0.717) is 23.6 Å². The predicted molar refractivity (Wildman–Crippen MR) is 148 cm³/mol. The molecule has 0 spiro atoms. The van der Waals surface area contributed by atoms with E-state index in [0.717, 1.165) is 0 Å². The second kappa shape index (κ2) is 10.2. The largest absolute Gasteiger partial charge is 0.507 e. The lowest BCUT2D eigenvalue weighted by molar-refractivity contribution is -0.131. The molecule has 41 heavy (non-hydrogen) atoms. The second-order valence-corrected chi connectivity index (χ2v) is 13.8. The van der Waals surface area contributed by atoms with Crippen LogP contribution in [0.2, 0.25) is 0 Å². The molecule has 2 saturated carbocycles. The Hall–Kier alpha value is -3.87. The van der Waals surface area contributed by atoms with Gasteiger partial charge in [0.05, 0.1) is 11.8 Å². The average Bonchev–Trinajstić information content (AvgIpc) is 3.80. The summed E-state index contributed by atoms with van der Waals surface area (Å²) in [4.78, 5) is 45.5. The highest BCUT2D eigenvalue weighted by atomic mass is 32.2. The Morgan fingerprint density at radius 3 is 2.56 bits per heavy atom. The summed E-state index contributed by atoms with van der Waals surface area (Å²) >= 11 is 0. The van der Waals surface area contributed by atoms with Gasteiger partial charge in [-0.2, -0.15) is 0 Å². The van der Waals surface area contributed by atoms with Crippen LogP contribution in [0.3, 0.4) is 0 Å². The van der Waals surface area contributed by atoms with Crippen LogP contribution >= 0.6 is 0 Å². The Morgan fingerprint density at radius 1 is 1.20 bits per heavy atom. The van der Waals surface area contributed by atoms with Crippen LogP contribution in [-0.4, -0.2) is 76.4 Å². The minimum Gasteiger partial charge on any atom is -0.507 e. The summed E-state index contributed by atoms with van der Waals surface area (Å²) in [5.41, 5.74) is -2.33. The topological polar surface area (TPSA) is 164 Å². The summed E-state index contributed by atoms with van der Waals surface area (Å²) < 4.78 is 38.7. The standard InChI is InChI=1S/C28H34N4O8S/c1-5-16-14-28(16,25(35)31-41(37,38)18-9-10-18)30-23(34)21-13-17(15-32(21)26(36)40-27(2,3)4)39-24-20-7-6-8-22(33)19(20)11-12-29-24/h5-8,11-12,16-18,21,33H,1,9-10,13-15H2,2-4H3,(H,30,34)(H,31,35)/t16-,17?,21?,28-/m1/s1. The molecule has 12 nitrogen and oxygen atoms in total. The van der Waals surface area contributed by atoms with Crippen LogP contribution in [0.25, 0.3) is 10.8 Å². The lowest BCUT2D eigenvalue weighted by atomic mass is 10.1. The van der Waals surface area contributed by atoms with Gasteiger partial charge >= 0.3 is 6.09 Å². The van der Waals surface area contributed by atoms with Gasteiger partial charge in [0, 0.05) is 29.3 Å². The number of fused-ring (bicyclic) bond motifs is 1. The first kappa shape index (κ1) is 28.7. The first-order chi connectivity index (χ1) is 19.2. The number of aromatic hydroxyl groups is 1. The van der Waals surface area contributed by atoms with E-state index in [1.807, 2.05) is 0 Å². The number of nitrogens with one attached hydrogen (secondary N) is 2. The van der Waals surface area contributed by atoms with Crippen LogP contribution in [0.15, 0.2) is 43.1 Å². The molecule has 1 aliphatic heterocycles. The van der Waals surface area contributed by atoms with Gasteiger partial charge in [0.1, 0.15) is 29.0 Å². The number of hydrogen-bond acceptors (Lipinski definition) is 9. The summed E-state index contributed by atoms with van der Waals surface area (Å²) in [6.07, 6.45) is 2.76. The van der Waals surface area contributed by atoms with Gasteiger partial charge in [-0.05, 0) is 58.2 Å². The Balaban J connectivity index is 1.38. The van der Waals surface area contributed by atoms with Crippen LogP contribution in [0, 0.1) is 5.92 Å². The van der Waals surface area contributed by atoms with E-state index in [9.17, 15) is 27.9 Å². The minimum absolute atomic E-state index is 0.00989. The molecule has 220 valence electrons. The summed E-state index contributed by atoms with van der Waals surface area (Å²) in [7, 11) is -3.84. The van der Waals surface area contributed by atoms with Crippen LogP contribution in [0.1, 0.15) is 46.5 Å². The molecule has 2 heterocycles. The third kappa shape index (κ3) is 5.81. The van der Waals surface area contributed by atoms with Crippen LogP contribution in [0.5, 0.6) is 11.6 Å². The predicted octanol–water partition coefficient (Wildman–Crippen LogP) is 2.37. The number of amides is 3. The van der Waals surface area contributed by atoms with Crippen molar-refractivity contribution in [2.45, 2.75) is 75.0 Å². The van der Waals surface area contributed by atoms with Crippen molar-refractivity contribution in [2.75, 3.05) is 6.54 Å². The molecule has 3 N–H and O–H groups in total. The van der Waals surface area contributed by atoms with E-state index in [-0.39, 0.29) is 31.0 Å². The normalized spacial score (nSPS) is 25.8. The highest BCUT2D eigenvalue weighted by Gasteiger charge is 2.62. The number of carbonyl (C=O) groups excluding carboxylic acids is 3. The van der Waals surface area contributed by atoms with Gasteiger partial charge in [-0.1, -0.05) is 12.1 Å². The molecule has 13 heteroatoms. The number of benzene rings is 1. The van der Waals surface area contributed by atoms with Crippen LogP contribution in [0.4, 0.5) is 4.79 Å². The average molecular weight is 587 g/mol. The SMILES string of the molecule is C=C[C@@H]1C[C@]1(NC(=O)C1CC(Oc2nccc3c(O)cccc23)CN1C(=O)OC(C)(C)C)C(=O)NS(=O)(=O)C1CC1. The van der Waals surface area contributed by atoms with Gasteiger partial charge in [0.25, 0.3) is 5.91 Å². The molecule has 3 amide bonds. The molecule has 1 saturated heterocycles. The number of phenolic OH excluding ortho intramolecular Hbond substituents is 1. The van der Waals surface area contributed by atoms with Crippen molar-refractivity contribution >= 4 is 38.7 Å². The molecule has 2 aliphatic carbocycles. The van der Waals surface area contributed by atoms with Crippen molar-refractivity contribution in [2.24, 2.45) is 5.92 Å². The lowest BCUT2D eigenvalue weighted by Gasteiger charge is -2.29. The van der Waals surface area contributed by atoms with Crippen LogP contribution < -0.4 is 14.8 Å². The fourth-order valence-corrected chi connectivity index (χ4v) is 6.45. The Kier molecular flexibility index (Phi) is 7.13. The molecule has 0 bridgehead atoms. The molecular weight excluding hydrogens is 552 g/mol. The lowest BCUT2D eigenvalue weighted by Crippen LogP contribution is -2.56. The molecule has 2 unspecified atom stereocenters. The zero-order valence-electron chi connectivity index (χ0n) is 23.1. The van der Waals surface area contributed by atoms with E-state index in [4.69, 9.17) is 9.47 Å². The number of pyridine rings is 1. The molecule has 3 aliphatic rings. The molecule has 1 aromatic carbocycles. The van der Waals surface area contributed by atoms with Crippen molar-refractivity contribution in [3.8, 4) is 11.6 Å². The highest BCUT2D eigenvalue weighted by Crippen LogP contribution is 2.45. The van der Waals surface area contributed by atoms with E-state index in [1.54, 1.807) is 45.0 Å². The van der Waals surface area contributed by atoms with Gasteiger partial charge in [-0.3, -0.25) is 19.2 Å². The van der Waals surface area contributed by atoms with E-state index >= 15 is 0 Å². The summed E-state index contributed by atoms with van der Waals surface area (Å²) in [5, 5.41) is 13.4. The van der Waals surface area contributed by atoms with Crippen LogP contribution in [-0.2, 0) is 24.3 Å². The number of carbonyl (C=O) groups is 3. The second-order valence-electron chi connectivity index (χ2n) is 11.8. The zero-order valence-corrected chi connectivity index (χ0v) is 23.9. The van der Waals surface area contributed by atoms with Crippen molar-refractivity contribution in [1.82, 2.24) is 19.9 Å². The smallest absolute Gasteiger partial charge is 0.411 e. The minimum atomic E-state index is -3.84. The van der Waals surface area contributed by atoms with E-state index in [2.05, 4.69) is 21.6 Å². The number of hydrogen-bond donors (Lipinski definition) is 3. The first-order valence-electron chi connectivity index (χ1n) is 13.5. The number of phenols is 1. The molecule has 1 aromatic heterocycles. The highest BCUT2D eigenvalue weighted by molar-refractivity contribution is 7.91. The summed E-state index contributed by atoms with van der Waals surface area (Å²) in [6, 6.07) is 5.51. The maximum Gasteiger partial charge on any atom is 0.411 e. The van der Waals surface area contributed by atoms with Crippen molar-refractivity contribution in [3.05, 3.63) is 43.1 Å².